The fraction of sp³-hybridized carbons (Fsp3) is 0.471. The zero-order chi connectivity index (χ0) is 17.9. The molecule has 7 nitrogen and oxygen atoms in total. The quantitative estimate of drug-likeness (QED) is 0.600. The van der Waals surface area contributed by atoms with Crippen LogP contribution in [0, 0.1) is 0 Å². The second-order valence-corrected chi connectivity index (χ2v) is 8.12. The lowest BCUT2D eigenvalue weighted by Crippen LogP contribution is -2.45. The normalized spacial score (nSPS) is 17.2. The van der Waals surface area contributed by atoms with Crippen LogP contribution in [-0.2, 0) is 10.0 Å². The standard InChI is InChI=1S/C17H23N3O4S/c1-19-9-11-20(12-10-19)8-2-7-18-25(22,23)15-4-5-16-14(13-15)3-6-17(21)24-16/h3-6,13,18H,2,7-12H2,1H3. The molecule has 0 spiro atoms. The van der Waals surface area contributed by atoms with Crippen molar-refractivity contribution in [3.63, 3.8) is 0 Å². The van der Waals surface area contributed by atoms with Crippen LogP contribution < -0.4 is 10.3 Å². The van der Waals surface area contributed by atoms with Crippen molar-refractivity contribution in [3.8, 4) is 0 Å². The van der Waals surface area contributed by atoms with Crippen LogP contribution >= 0.6 is 0 Å². The van der Waals surface area contributed by atoms with E-state index in [0.717, 1.165) is 39.1 Å². The lowest BCUT2D eigenvalue weighted by Gasteiger charge is -2.32. The molecule has 1 fully saturated rings. The highest BCUT2D eigenvalue weighted by molar-refractivity contribution is 7.89. The van der Waals surface area contributed by atoms with E-state index in [1.807, 2.05) is 0 Å². The summed E-state index contributed by atoms with van der Waals surface area (Å²) in [5, 5.41) is 0.583. The third-order valence-electron chi connectivity index (χ3n) is 4.44. The Morgan fingerprint density at radius 2 is 1.88 bits per heavy atom. The van der Waals surface area contributed by atoms with E-state index in [0.29, 0.717) is 17.5 Å². The molecule has 1 aliphatic rings. The highest BCUT2D eigenvalue weighted by atomic mass is 32.2. The van der Waals surface area contributed by atoms with Gasteiger partial charge >= 0.3 is 5.63 Å². The lowest BCUT2D eigenvalue weighted by atomic mass is 10.2. The zero-order valence-corrected chi connectivity index (χ0v) is 15.1. The summed E-state index contributed by atoms with van der Waals surface area (Å²) >= 11 is 0. The van der Waals surface area contributed by atoms with Crippen molar-refractivity contribution in [2.75, 3.05) is 46.3 Å². The average molecular weight is 365 g/mol. The highest BCUT2D eigenvalue weighted by Gasteiger charge is 2.16. The maximum Gasteiger partial charge on any atom is 0.336 e. The Kier molecular flexibility index (Phi) is 5.53. The molecule has 3 rings (SSSR count). The van der Waals surface area contributed by atoms with Crippen LogP contribution in [0.3, 0.4) is 0 Å². The van der Waals surface area contributed by atoms with Crippen molar-refractivity contribution in [1.82, 2.24) is 14.5 Å². The fourth-order valence-electron chi connectivity index (χ4n) is 2.88. The molecular weight excluding hydrogens is 342 g/mol. The van der Waals surface area contributed by atoms with Crippen LogP contribution in [0.2, 0.25) is 0 Å². The van der Waals surface area contributed by atoms with Crippen molar-refractivity contribution >= 4 is 21.0 Å². The molecule has 0 bridgehead atoms. The molecule has 0 unspecified atom stereocenters. The first kappa shape index (κ1) is 18.1. The van der Waals surface area contributed by atoms with Gasteiger partial charge < -0.3 is 14.2 Å². The largest absolute Gasteiger partial charge is 0.423 e. The summed E-state index contributed by atoms with van der Waals surface area (Å²) < 4.78 is 32.5. The second-order valence-electron chi connectivity index (χ2n) is 6.35. The molecule has 0 saturated carbocycles. The van der Waals surface area contributed by atoms with Crippen molar-refractivity contribution in [2.24, 2.45) is 0 Å². The van der Waals surface area contributed by atoms with Crippen molar-refractivity contribution in [2.45, 2.75) is 11.3 Å². The number of piperazine rings is 1. The van der Waals surface area contributed by atoms with Gasteiger partial charge in [-0.1, -0.05) is 0 Å². The molecule has 0 amide bonds. The number of hydrogen-bond donors (Lipinski definition) is 1. The summed E-state index contributed by atoms with van der Waals surface area (Å²) in [6, 6.07) is 7.32. The van der Waals surface area contributed by atoms with E-state index in [9.17, 15) is 13.2 Å². The zero-order valence-electron chi connectivity index (χ0n) is 14.3. The first-order valence-electron chi connectivity index (χ1n) is 8.38. The van der Waals surface area contributed by atoms with E-state index < -0.39 is 15.6 Å². The number of benzene rings is 1. The molecular formula is C17H23N3O4S. The third-order valence-corrected chi connectivity index (χ3v) is 5.90. The summed E-state index contributed by atoms with van der Waals surface area (Å²) in [6.45, 7) is 5.45. The van der Waals surface area contributed by atoms with Gasteiger partial charge in [0.25, 0.3) is 0 Å². The van der Waals surface area contributed by atoms with E-state index in [1.165, 1.54) is 24.3 Å². The fourth-order valence-corrected chi connectivity index (χ4v) is 3.99. The maximum absolute atomic E-state index is 12.4. The van der Waals surface area contributed by atoms with E-state index in [1.54, 1.807) is 6.07 Å². The Bertz CT molecular complexity index is 886. The Labute approximate surface area is 147 Å². The van der Waals surface area contributed by atoms with Crippen LogP contribution in [0.25, 0.3) is 11.0 Å². The molecule has 1 saturated heterocycles. The molecule has 0 radical (unpaired) electrons. The van der Waals surface area contributed by atoms with Crippen LogP contribution in [0.15, 0.2) is 44.4 Å². The topological polar surface area (TPSA) is 82.9 Å². The molecule has 1 N–H and O–H groups in total. The van der Waals surface area contributed by atoms with Gasteiger partial charge in [-0.05, 0) is 44.3 Å². The van der Waals surface area contributed by atoms with Gasteiger partial charge in [0.15, 0.2) is 0 Å². The van der Waals surface area contributed by atoms with Crippen molar-refractivity contribution in [3.05, 3.63) is 40.8 Å². The number of nitrogens with zero attached hydrogens (tertiary/aromatic N) is 2. The van der Waals surface area contributed by atoms with Crippen molar-refractivity contribution in [1.29, 1.82) is 0 Å². The number of rotatable bonds is 6. The summed E-state index contributed by atoms with van der Waals surface area (Å²) in [4.78, 5) is 16.0. The van der Waals surface area contributed by atoms with Crippen LogP contribution in [-0.4, -0.2) is 64.5 Å². The van der Waals surface area contributed by atoms with Gasteiger partial charge in [0.2, 0.25) is 10.0 Å². The predicted octanol–water partition coefficient (Wildman–Crippen LogP) is 0.709. The third kappa shape index (κ3) is 4.66. The molecule has 2 heterocycles. The number of hydrogen-bond acceptors (Lipinski definition) is 6. The van der Waals surface area contributed by atoms with Gasteiger partial charge in [0, 0.05) is 44.2 Å². The molecule has 136 valence electrons. The molecule has 0 aliphatic carbocycles. The highest BCUT2D eigenvalue weighted by Crippen LogP contribution is 2.17. The minimum Gasteiger partial charge on any atom is -0.423 e. The van der Waals surface area contributed by atoms with Crippen LogP contribution in [0.1, 0.15) is 6.42 Å². The molecule has 0 atom stereocenters. The number of fused-ring (bicyclic) bond motifs is 1. The van der Waals surface area contributed by atoms with E-state index in [-0.39, 0.29) is 4.90 Å². The monoisotopic (exact) mass is 365 g/mol. The number of sulfonamides is 1. The van der Waals surface area contributed by atoms with Gasteiger partial charge in [-0.2, -0.15) is 0 Å². The molecule has 8 heteroatoms. The van der Waals surface area contributed by atoms with E-state index >= 15 is 0 Å². The Morgan fingerprint density at radius 1 is 1.12 bits per heavy atom. The van der Waals surface area contributed by atoms with E-state index in [2.05, 4.69) is 21.6 Å². The Hall–Kier alpha value is -1.74. The summed E-state index contributed by atoms with van der Waals surface area (Å²) in [7, 11) is -1.46. The second kappa shape index (κ2) is 7.65. The van der Waals surface area contributed by atoms with Gasteiger partial charge in [-0.25, -0.2) is 17.9 Å². The maximum atomic E-state index is 12.4. The molecule has 1 aromatic heterocycles. The van der Waals surface area contributed by atoms with Crippen LogP contribution in [0.5, 0.6) is 0 Å². The molecule has 1 aromatic carbocycles. The summed E-state index contributed by atoms with van der Waals surface area (Å²) in [6.07, 6.45) is 0.769. The smallest absolute Gasteiger partial charge is 0.336 e. The minimum atomic E-state index is -3.57. The SMILES string of the molecule is CN1CCN(CCCNS(=O)(=O)c2ccc3oc(=O)ccc3c2)CC1. The lowest BCUT2D eigenvalue weighted by molar-refractivity contribution is 0.153. The van der Waals surface area contributed by atoms with Gasteiger partial charge in [0.05, 0.1) is 4.90 Å². The summed E-state index contributed by atoms with van der Waals surface area (Å²) in [5.41, 5.74) is -0.0772. The Balaban J connectivity index is 1.56. The molecule has 2 aromatic rings. The summed E-state index contributed by atoms with van der Waals surface area (Å²) in [5.74, 6) is 0. The van der Waals surface area contributed by atoms with Crippen molar-refractivity contribution < 1.29 is 12.8 Å². The van der Waals surface area contributed by atoms with Gasteiger partial charge in [0.1, 0.15) is 5.58 Å². The number of nitrogens with one attached hydrogen (secondary N) is 1. The Morgan fingerprint density at radius 3 is 2.64 bits per heavy atom. The van der Waals surface area contributed by atoms with Gasteiger partial charge in [-0.3, -0.25) is 0 Å². The predicted molar refractivity (Wildman–Crippen MR) is 96.2 cm³/mol. The number of likely N-dealkylation sites (N-methyl/N-ethyl adjacent to an activating group) is 1. The first-order chi connectivity index (χ1) is 11.9. The van der Waals surface area contributed by atoms with Gasteiger partial charge in [-0.15, -0.1) is 0 Å². The molecule has 1 aliphatic heterocycles. The minimum absolute atomic E-state index is 0.174. The average Bonchev–Trinajstić information content (AvgIpc) is 2.59. The molecule has 25 heavy (non-hydrogen) atoms. The first-order valence-corrected chi connectivity index (χ1v) is 9.87. The van der Waals surface area contributed by atoms with Crippen LogP contribution in [0.4, 0.5) is 0 Å². The van der Waals surface area contributed by atoms with E-state index in [4.69, 9.17) is 4.42 Å².